The first kappa shape index (κ1) is 15.9. The minimum Gasteiger partial charge on any atom is -0.494 e. The van der Waals surface area contributed by atoms with Gasteiger partial charge in [-0.3, -0.25) is 4.90 Å². The highest BCUT2D eigenvalue weighted by atomic mass is 19.1. The van der Waals surface area contributed by atoms with Crippen LogP contribution in [0.4, 0.5) is 4.39 Å². The number of β-amino-alcohol motifs (C(OH)–C–C–N with tert-alkyl or cyclic N) is 1. The molecule has 0 radical (unpaired) electrons. The molecule has 1 saturated heterocycles. The topological polar surface area (TPSA) is 71.6 Å². The monoisotopic (exact) mass is 321 g/mol. The molecule has 1 aromatic heterocycles. The highest BCUT2D eigenvalue weighted by molar-refractivity contribution is 5.21. The van der Waals surface area contributed by atoms with Gasteiger partial charge in [-0.1, -0.05) is 5.16 Å². The second kappa shape index (κ2) is 7.06. The number of rotatable bonds is 6. The number of aliphatic hydroxyl groups is 1. The van der Waals surface area contributed by atoms with Gasteiger partial charge in [-0.15, -0.1) is 0 Å². The Kier molecular flexibility index (Phi) is 4.88. The third kappa shape index (κ3) is 4.05. The number of ether oxygens (including phenoxy) is 1. The summed E-state index contributed by atoms with van der Waals surface area (Å²) in [6.45, 7) is 3.64. The average molecular weight is 321 g/mol. The molecule has 23 heavy (non-hydrogen) atoms. The van der Waals surface area contributed by atoms with Crippen LogP contribution in [0.25, 0.3) is 0 Å². The first-order chi connectivity index (χ1) is 11.1. The maximum atomic E-state index is 12.8. The zero-order valence-corrected chi connectivity index (χ0v) is 13.0. The van der Waals surface area contributed by atoms with Crippen LogP contribution < -0.4 is 4.74 Å². The Bertz CT molecular complexity index is 632. The molecule has 0 bridgehead atoms. The average Bonchev–Trinajstić information content (AvgIpc) is 3.11. The Morgan fingerprint density at radius 3 is 2.87 bits per heavy atom. The third-order valence-electron chi connectivity index (χ3n) is 3.88. The van der Waals surface area contributed by atoms with Crippen molar-refractivity contribution in [2.45, 2.75) is 31.9 Å². The van der Waals surface area contributed by atoms with E-state index in [0.29, 0.717) is 37.0 Å². The minimum atomic E-state index is -0.384. The van der Waals surface area contributed by atoms with E-state index in [2.05, 4.69) is 15.0 Å². The summed E-state index contributed by atoms with van der Waals surface area (Å²) >= 11 is 0. The van der Waals surface area contributed by atoms with E-state index in [1.165, 1.54) is 12.1 Å². The lowest BCUT2D eigenvalue weighted by molar-refractivity contribution is 0.166. The number of nitrogens with zero attached hydrogens (tertiary/aromatic N) is 3. The molecule has 1 N–H and O–H groups in total. The van der Waals surface area contributed by atoms with Crippen molar-refractivity contribution in [1.29, 1.82) is 0 Å². The van der Waals surface area contributed by atoms with Crippen molar-refractivity contribution < 1.29 is 18.8 Å². The van der Waals surface area contributed by atoms with E-state index < -0.39 is 0 Å². The van der Waals surface area contributed by atoms with Crippen molar-refractivity contribution in [3.05, 3.63) is 41.8 Å². The molecule has 124 valence electrons. The lowest BCUT2D eigenvalue weighted by Crippen LogP contribution is -2.27. The molecule has 6 nitrogen and oxygen atoms in total. The van der Waals surface area contributed by atoms with Crippen molar-refractivity contribution in [1.82, 2.24) is 15.0 Å². The van der Waals surface area contributed by atoms with Gasteiger partial charge in [-0.25, -0.2) is 4.39 Å². The molecule has 2 atom stereocenters. The second-order valence-electron chi connectivity index (χ2n) is 5.74. The van der Waals surface area contributed by atoms with Crippen LogP contribution in [0, 0.1) is 12.7 Å². The van der Waals surface area contributed by atoms with Crippen molar-refractivity contribution >= 4 is 0 Å². The number of aliphatic hydroxyl groups excluding tert-OH is 1. The number of hydrogen-bond donors (Lipinski definition) is 1. The fraction of sp³-hybridized carbons (Fsp3) is 0.500. The lowest BCUT2D eigenvalue weighted by atomic mass is 10.2. The molecular formula is C16H20FN3O3. The molecule has 2 aromatic rings. The number of halogens is 1. The zero-order valence-electron chi connectivity index (χ0n) is 13.0. The Hall–Kier alpha value is -1.99. The van der Waals surface area contributed by atoms with Gasteiger partial charge in [0.05, 0.1) is 18.8 Å². The maximum absolute atomic E-state index is 12.8. The molecule has 3 rings (SSSR count). The zero-order chi connectivity index (χ0) is 16.2. The molecule has 0 amide bonds. The van der Waals surface area contributed by atoms with Crippen LogP contribution in [-0.4, -0.2) is 45.9 Å². The molecule has 0 aliphatic carbocycles. The molecule has 1 aliphatic heterocycles. The van der Waals surface area contributed by atoms with Gasteiger partial charge in [0, 0.05) is 13.1 Å². The van der Waals surface area contributed by atoms with Gasteiger partial charge in [0.2, 0.25) is 5.89 Å². The summed E-state index contributed by atoms with van der Waals surface area (Å²) in [5, 5.41) is 13.7. The van der Waals surface area contributed by atoms with Crippen LogP contribution in [0.3, 0.4) is 0 Å². The minimum absolute atomic E-state index is 0.0444. The van der Waals surface area contributed by atoms with E-state index in [4.69, 9.17) is 9.26 Å². The van der Waals surface area contributed by atoms with E-state index in [9.17, 15) is 9.50 Å². The summed E-state index contributed by atoms with van der Waals surface area (Å²) in [7, 11) is 0. The SMILES string of the molecule is Cc1noc([C@H]2C[C@@H](O)CN2CCCOc2ccc(F)cc2)n1. The van der Waals surface area contributed by atoms with Crippen LogP contribution in [0.15, 0.2) is 28.8 Å². The highest BCUT2D eigenvalue weighted by Gasteiger charge is 2.35. The van der Waals surface area contributed by atoms with E-state index in [-0.39, 0.29) is 18.0 Å². The standard InChI is InChI=1S/C16H20FN3O3/c1-11-18-16(23-19-11)15-9-13(21)10-20(15)7-2-8-22-14-5-3-12(17)4-6-14/h3-6,13,15,21H,2,7-10H2,1H3/t13-,15-/m1/s1. The summed E-state index contributed by atoms with van der Waals surface area (Å²) in [4.78, 5) is 6.39. The summed E-state index contributed by atoms with van der Waals surface area (Å²) in [5.41, 5.74) is 0. The van der Waals surface area contributed by atoms with Crippen molar-refractivity contribution in [3.63, 3.8) is 0 Å². The molecule has 7 heteroatoms. The molecule has 1 fully saturated rings. The Labute approximate surface area is 133 Å². The number of aryl methyl sites for hydroxylation is 1. The molecule has 0 saturated carbocycles. The van der Waals surface area contributed by atoms with Gasteiger partial charge in [0.25, 0.3) is 0 Å². The predicted molar refractivity (Wildman–Crippen MR) is 80.5 cm³/mol. The van der Waals surface area contributed by atoms with E-state index in [1.54, 1.807) is 19.1 Å². The Morgan fingerprint density at radius 2 is 2.17 bits per heavy atom. The van der Waals surface area contributed by atoms with Crippen LogP contribution in [0.2, 0.25) is 0 Å². The number of likely N-dealkylation sites (tertiary alicyclic amines) is 1. The fourth-order valence-corrected chi connectivity index (χ4v) is 2.82. The first-order valence-corrected chi connectivity index (χ1v) is 7.72. The van der Waals surface area contributed by atoms with Crippen LogP contribution in [0.5, 0.6) is 5.75 Å². The fourth-order valence-electron chi connectivity index (χ4n) is 2.82. The van der Waals surface area contributed by atoms with Gasteiger partial charge in [0.15, 0.2) is 5.82 Å². The van der Waals surface area contributed by atoms with Crippen molar-refractivity contribution in [3.8, 4) is 5.75 Å². The number of benzene rings is 1. The third-order valence-corrected chi connectivity index (χ3v) is 3.88. The molecule has 1 aliphatic rings. The van der Waals surface area contributed by atoms with E-state index in [0.717, 1.165) is 13.0 Å². The van der Waals surface area contributed by atoms with Crippen LogP contribution in [0.1, 0.15) is 30.6 Å². The number of aromatic nitrogens is 2. The van der Waals surface area contributed by atoms with Gasteiger partial charge in [-0.05, 0) is 44.0 Å². The van der Waals surface area contributed by atoms with Crippen molar-refractivity contribution in [2.75, 3.05) is 19.7 Å². The Balaban J connectivity index is 1.49. The van der Waals surface area contributed by atoms with Crippen LogP contribution >= 0.6 is 0 Å². The van der Waals surface area contributed by atoms with E-state index >= 15 is 0 Å². The quantitative estimate of drug-likeness (QED) is 0.822. The van der Waals surface area contributed by atoms with Gasteiger partial charge < -0.3 is 14.4 Å². The second-order valence-corrected chi connectivity index (χ2v) is 5.74. The molecule has 1 aromatic carbocycles. The summed E-state index contributed by atoms with van der Waals surface area (Å²) in [5.74, 6) is 1.53. The summed E-state index contributed by atoms with van der Waals surface area (Å²) in [6, 6.07) is 5.93. The largest absolute Gasteiger partial charge is 0.494 e. The molecule has 2 heterocycles. The summed E-state index contributed by atoms with van der Waals surface area (Å²) < 4.78 is 23.6. The smallest absolute Gasteiger partial charge is 0.244 e. The Morgan fingerprint density at radius 1 is 1.39 bits per heavy atom. The van der Waals surface area contributed by atoms with Gasteiger partial charge in [-0.2, -0.15) is 4.98 Å². The number of hydrogen-bond acceptors (Lipinski definition) is 6. The lowest BCUT2D eigenvalue weighted by Gasteiger charge is -2.21. The van der Waals surface area contributed by atoms with Crippen LogP contribution in [-0.2, 0) is 0 Å². The summed E-state index contributed by atoms with van der Waals surface area (Å²) in [6.07, 6.45) is 0.999. The van der Waals surface area contributed by atoms with E-state index in [1.807, 2.05) is 0 Å². The highest BCUT2D eigenvalue weighted by Crippen LogP contribution is 2.31. The maximum Gasteiger partial charge on any atom is 0.244 e. The predicted octanol–water partition coefficient (Wildman–Crippen LogP) is 2.09. The van der Waals surface area contributed by atoms with Gasteiger partial charge in [0.1, 0.15) is 11.6 Å². The van der Waals surface area contributed by atoms with Crippen molar-refractivity contribution in [2.24, 2.45) is 0 Å². The first-order valence-electron chi connectivity index (χ1n) is 7.72. The molecule has 0 spiro atoms. The molecule has 0 unspecified atom stereocenters. The van der Waals surface area contributed by atoms with Gasteiger partial charge >= 0.3 is 0 Å². The normalized spacial score (nSPS) is 21.7. The molecular weight excluding hydrogens is 301 g/mol.